The number of rotatable bonds is 6. The second-order valence-electron chi connectivity index (χ2n) is 7.04. The average Bonchev–Trinajstić information content (AvgIpc) is 2.73. The molecule has 1 saturated heterocycles. The van der Waals surface area contributed by atoms with Crippen molar-refractivity contribution >= 4 is 11.8 Å². The molecule has 28 heavy (non-hydrogen) atoms. The van der Waals surface area contributed by atoms with Crippen LogP contribution in [-0.2, 0) is 21.5 Å². The second-order valence-corrected chi connectivity index (χ2v) is 7.04. The Hall–Kier alpha value is -2.89. The van der Waals surface area contributed by atoms with Gasteiger partial charge < -0.3 is 15.0 Å². The van der Waals surface area contributed by atoms with Crippen LogP contribution in [0.2, 0.25) is 0 Å². The van der Waals surface area contributed by atoms with Gasteiger partial charge in [0, 0.05) is 38.3 Å². The molecule has 6 nitrogen and oxygen atoms in total. The van der Waals surface area contributed by atoms with Gasteiger partial charge in [-0.15, -0.1) is 0 Å². The van der Waals surface area contributed by atoms with Crippen LogP contribution in [0.3, 0.4) is 0 Å². The molecule has 1 aliphatic heterocycles. The number of nitrogens with zero attached hydrogens (tertiary/aromatic N) is 2. The Labute approximate surface area is 165 Å². The highest BCUT2D eigenvalue weighted by Crippen LogP contribution is 2.36. The minimum atomic E-state index is -0.638. The summed E-state index contributed by atoms with van der Waals surface area (Å²) in [4.78, 5) is 31.1. The van der Waals surface area contributed by atoms with Gasteiger partial charge in [-0.25, -0.2) is 4.98 Å². The van der Waals surface area contributed by atoms with Gasteiger partial charge in [-0.1, -0.05) is 36.4 Å². The molecule has 0 saturated carbocycles. The van der Waals surface area contributed by atoms with Gasteiger partial charge in [0.05, 0.1) is 12.0 Å². The van der Waals surface area contributed by atoms with E-state index >= 15 is 0 Å². The van der Waals surface area contributed by atoms with Gasteiger partial charge in [-0.2, -0.15) is 0 Å². The predicted molar refractivity (Wildman–Crippen MR) is 107 cm³/mol. The van der Waals surface area contributed by atoms with E-state index in [9.17, 15) is 9.59 Å². The van der Waals surface area contributed by atoms with Crippen LogP contribution in [0.5, 0.6) is 5.88 Å². The van der Waals surface area contributed by atoms with E-state index in [1.165, 1.54) is 0 Å². The molecule has 2 aromatic rings. The quantitative estimate of drug-likeness (QED) is 0.835. The molecule has 1 aromatic heterocycles. The first-order chi connectivity index (χ1) is 13.6. The molecular formula is C22H27N3O3. The molecule has 148 valence electrons. The average molecular weight is 381 g/mol. The third-order valence-electron chi connectivity index (χ3n) is 5.39. The lowest BCUT2D eigenvalue weighted by Crippen LogP contribution is -2.52. The number of carbonyl (C=O) groups is 2. The van der Waals surface area contributed by atoms with Crippen LogP contribution in [0.4, 0.5) is 0 Å². The highest BCUT2D eigenvalue weighted by Gasteiger charge is 2.43. The summed E-state index contributed by atoms with van der Waals surface area (Å²) in [7, 11) is 0. The number of ether oxygens (including phenoxy) is 1. The first-order valence-electron chi connectivity index (χ1n) is 9.73. The highest BCUT2D eigenvalue weighted by atomic mass is 16.5. The van der Waals surface area contributed by atoms with Crippen LogP contribution in [-0.4, -0.2) is 41.4 Å². The molecule has 0 spiro atoms. The summed E-state index contributed by atoms with van der Waals surface area (Å²) in [6.07, 6.45) is 2.89. The van der Waals surface area contributed by atoms with Gasteiger partial charge in [-0.05, 0) is 31.4 Å². The molecule has 6 heteroatoms. The van der Waals surface area contributed by atoms with E-state index in [1.54, 1.807) is 13.1 Å². The first kappa shape index (κ1) is 19.9. The predicted octanol–water partition coefficient (Wildman–Crippen LogP) is 2.68. The van der Waals surface area contributed by atoms with Gasteiger partial charge in [-0.3, -0.25) is 9.59 Å². The Balaban J connectivity index is 1.80. The van der Waals surface area contributed by atoms with Crippen molar-refractivity contribution in [1.82, 2.24) is 15.2 Å². The van der Waals surface area contributed by atoms with E-state index in [0.29, 0.717) is 45.0 Å². The summed E-state index contributed by atoms with van der Waals surface area (Å²) < 4.78 is 5.56. The van der Waals surface area contributed by atoms with Gasteiger partial charge in [0.25, 0.3) is 0 Å². The number of carbonyl (C=O) groups excluding carboxylic acids is 2. The molecular weight excluding hydrogens is 354 g/mol. The van der Waals surface area contributed by atoms with Crippen molar-refractivity contribution in [3.05, 3.63) is 59.8 Å². The second kappa shape index (κ2) is 8.87. The maximum atomic E-state index is 13.4. The van der Waals surface area contributed by atoms with E-state index in [1.807, 2.05) is 54.3 Å². The van der Waals surface area contributed by atoms with Crippen molar-refractivity contribution in [3.63, 3.8) is 0 Å². The highest BCUT2D eigenvalue weighted by molar-refractivity contribution is 5.88. The minimum Gasteiger partial charge on any atom is -0.478 e. The normalized spacial score (nSPS) is 15.7. The summed E-state index contributed by atoms with van der Waals surface area (Å²) in [5.74, 6) is 0.581. The van der Waals surface area contributed by atoms with Crippen molar-refractivity contribution in [2.24, 2.45) is 0 Å². The molecule has 0 atom stereocenters. The zero-order chi connectivity index (χ0) is 20.0. The summed E-state index contributed by atoms with van der Waals surface area (Å²) in [6.45, 7) is 5.51. The van der Waals surface area contributed by atoms with Crippen LogP contribution in [0.25, 0.3) is 0 Å². The summed E-state index contributed by atoms with van der Waals surface area (Å²) in [5.41, 5.74) is 1.20. The number of pyridine rings is 1. The number of piperidine rings is 1. The lowest BCUT2D eigenvalue weighted by Gasteiger charge is -2.40. The molecule has 0 aliphatic carbocycles. The topological polar surface area (TPSA) is 71.5 Å². The molecule has 2 amide bonds. The van der Waals surface area contributed by atoms with Gasteiger partial charge in [0.1, 0.15) is 0 Å². The largest absolute Gasteiger partial charge is 0.478 e. The maximum Gasteiger partial charge on any atom is 0.231 e. The number of nitrogens with one attached hydrogen (secondary N) is 1. The molecule has 0 unspecified atom stereocenters. The standard InChI is InChI=1S/C22H27N3O3/c1-3-28-20-18(8-7-13-23-20)16-24-21(27)22(19-9-5-4-6-10-19)11-14-25(15-12-22)17(2)26/h4-10,13H,3,11-12,14-16H2,1-2H3,(H,24,27). The number of hydrogen-bond acceptors (Lipinski definition) is 4. The number of aromatic nitrogens is 1. The molecule has 1 aromatic carbocycles. The Morgan fingerprint density at radius 2 is 1.86 bits per heavy atom. The number of benzene rings is 1. The van der Waals surface area contributed by atoms with Crippen molar-refractivity contribution in [3.8, 4) is 5.88 Å². The third kappa shape index (κ3) is 4.16. The van der Waals surface area contributed by atoms with Crippen molar-refractivity contribution in [2.45, 2.75) is 38.6 Å². The van der Waals surface area contributed by atoms with Gasteiger partial charge in [0.15, 0.2) is 0 Å². The Morgan fingerprint density at radius 1 is 1.14 bits per heavy atom. The molecule has 0 bridgehead atoms. The van der Waals surface area contributed by atoms with Crippen LogP contribution in [0.15, 0.2) is 48.7 Å². The van der Waals surface area contributed by atoms with E-state index in [2.05, 4.69) is 10.3 Å². The van der Waals surface area contributed by atoms with Gasteiger partial charge >= 0.3 is 0 Å². The van der Waals surface area contributed by atoms with Crippen molar-refractivity contribution in [1.29, 1.82) is 0 Å². The van der Waals surface area contributed by atoms with Crippen molar-refractivity contribution in [2.75, 3.05) is 19.7 Å². The Kier molecular flexibility index (Phi) is 6.29. The fraction of sp³-hybridized carbons (Fsp3) is 0.409. The lowest BCUT2D eigenvalue weighted by atomic mass is 9.72. The molecule has 1 N–H and O–H groups in total. The fourth-order valence-electron chi connectivity index (χ4n) is 3.78. The number of hydrogen-bond donors (Lipinski definition) is 1. The minimum absolute atomic E-state index is 0.0202. The maximum absolute atomic E-state index is 13.4. The third-order valence-corrected chi connectivity index (χ3v) is 5.39. The molecule has 2 heterocycles. The summed E-state index contributed by atoms with van der Waals surface area (Å²) in [5, 5.41) is 3.09. The van der Waals surface area contributed by atoms with E-state index in [0.717, 1.165) is 11.1 Å². The van der Waals surface area contributed by atoms with E-state index in [-0.39, 0.29) is 11.8 Å². The zero-order valence-electron chi connectivity index (χ0n) is 16.5. The van der Waals surface area contributed by atoms with Crippen LogP contribution in [0.1, 0.15) is 37.8 Å². The number of amides is 2. The van der Waals surface area contributed by atoms with E-state index < -0.39 is 5.41 Å². The molecule has 3 rings (SSSR count). The van der Waals surface area contributed by atoms with Gasteiger partial charge in [0.2, 0.25) is 17.7 Å². The fourth-order valence-corrected chi connectivity index (χ4v) is 3.78. The Bertz CT molecular complexity index is 815. The van der Waals surface area contributed by atoms with Crippen LogP contribution < -0.4 is 10.1 Å². The Morgan fingerprint density at radius 3 is 2.50 bits per heavy atom. The smallest absolute Gasteiger partial charge is 0.231 e. The molecule has 0 radical (unpaired) electrons. The lowest BCUT2D eigenvalue weighted by molar-refractivity contribution is -0.135. The number of likely N-dealkylation sites (tertiary alicyclic amines) is 1. The molecule has 1 fully saturated rings. The SMILES string of the molecule is CCOc1ncccc1CNC(=O)C1(c2ccccc2)CCN(C(C)=O)CC1. The monoisotopic (exact) mass is 381 g/mol. The van der Waals surface area contributed by atoms with Crippen LogP contribution >= 0.6 is 0 Å². The van der Waals surface area contributed by atoms with Crippen molar-refractivity contribution < 1.29 is 14.3 Å². The molecule has 1 aliphatic rings. The first-order valence-corrected chi connectivity index (χ1v) is 9.73. The van der Waals surface area contributed by atoms with E-state index in [4.69, 9.17) is 4.74 Å². The summed E-state index contributed by atoms with van der Waals surface area (Å²) >= 11 is 0. The zero-order valence-corrected chi connectivity index (χ0v) is 16.5. The van der Waals surface area contributed by atoms with Crippen LogP contribution in [0, 0.1) is 0 Å². The summed E-state index contributed by atoms with van der Waals surface area (Å²) in [6, 6.07) is 13.6.